The van der Waals surface area contributed by atoms with Crippen LogP contribution in [0.3, 0.4) is 0 Å². The molecule has 0 aliphatic heterocycles. The van der Waals surface area contributed by atoms with Gasteiger partial charge in [0.2, 0.25) is 5.91 Å². The van der Waals surface area contributed by atoms with Crippen LogP contribution in [0.2, 0.25) is 0 Å². The second-order valence-corrected chi connectivity index (χ2v) is 10.1. The van der Waals surface area contributed by atoms with Crippen LogP contribution in [0.1, 0.15) is 56.1 Å². The van der Waals surface area contributed by atoms with Gasteiger partial charge in [-0.2, -0.15) is 5.10 Å². The molecule has 34 heavy (non-hydrogen) atoms. The minimum Gasteiger partial charge on any atom is -0.393 e. The van der Waals surface area contributed by atoms with E-state index in [2.05, 4.69) is 15.7 Å². The molecule has 0 saturated heterocycles. The molecule has 0 unspecified atom stereocenters. The summed E-state index contributed by atoms with van der Waals surface area (Å²) in [6.45, 7) is 6.06. The molecule has 3 N–H and O–H groups in total. The van der Waals surface area contributed by atoms with Crippen LogP contribution in [-0.2, 0) is 11.3 Å². The van der Waals surface area contributed by atoms with Crippen LogP contribution >= 0.6 is 0 Å². The number of amides is 2. The summed E-state index contributed by atoms with van der Waals surface area (Å²) in [5.74, 6) is -1.02. The van der Waals surface area contributed by atoms with Gasteiger partial charge in [-0.15, -0.1) is 0 Å². The van der Waals surface area contributed by atoms with E-state index in [1.807, 2.05) is 45.0 Å². The van der Waals surface area contributed by atoms with Crippen LogP contribution < -0.4 is 10.6 Å². The third-order valence-corrected chi connectivity index (χ3v) is 6.27. The summed E-state index contributed by atoms with van der Waals surface area (Å²) < 4.78 is 15.0. The number of carbonyl (C=O) groups excluding carboxylic acids is 2. The Kier molecular flexibility index (Phi) is 6.70. The van der Waals surface area contributed by atoms with Crippen LogP contribution in [-0.4, -0.2) is 44.9 Å². The van der Waals surface area contributed by atoms with Gasteiger partial charge in [0.05, 0.1) is 18.2 Å². The fraction of sp³-hybridized carbons (Fsp3) is 0.423. The van der Waals surface area contributed by atoms with Gasteiger partial charge >= 0.3 is 0 Å². The lowest BCUT2D eigenvalue weighted by atomic mass is 9.85. The Bertz CT molecular complexity index is 1180. The molecular formula is C26H31FN4O3. The fourth-order valence-corrected chi connectivity index (χ4v) is 4.43. The number of para-hydroxylation sites is 1. The minimum absolute atomic E-state index is 0.0972. The van der Waals surface area contributed by atoms with Crippen molar-refractivity contribution in [3.63, 3.8) is 0 Å². The highest BCUT2D eigenvalue weighted by Crippen LogP contribution is 2.24. The first-order valence-electron chi connectivity index (χ1n) is 11.6. The van der Waals surface area contributed by atoms with Gasteiger partial charge in [0.1, 0.15) is 11.9 Å². The maximum absolute atomic E-state index is 13.4. The molecule has 1 aliphatic carbocycles. The average molecular weight is 467 g/mol. The van der Waals surface area contributed by atoms with Gasteiger partial charge in [-0.1, -0.05) is 51.1 Å². The predicted molar refractivity (Wildman–Crippen MR) is 128 cm³/mol. The Morgan fingerprint density at radius 2 is 1.85 bits per heavy atom. The number of aromatic nitrogens is 2. The molecule has 1 saturated carbocycles. The van der Waals surface area contributed by atoms with Crippen molar-refractivity contribution in [1.29, 1.82) is 0 Å². The molecule has 1 heterocycles. The zero-order valence-electron chi connectivity index (χ0n) is 19.7. The number of benzene rings is 2. The maximum Gasteiger partial charge on any atom is 0.273 e. The Morgan fingerprint density at radius 1 is 1.15 bits per heavy atom. The predicted octanol–water partition coefficient (Wildman–Crippen LogP) is 3.40. The van der Waals surface area contributed by atoms with E-state index in [4.69, 9.17) is 0 Å². The first-order chi connectivity index (χ1) is 16.1. The number of hydrogen-bond acceptors (Lipinski definition) is 4. The highest BCUT2D eigenvalue weighted by molar-refractivity contribution is 6.06. The van der Waals surface area contributed by atoms with Crippen LogP contribution in [0, 0.1) is 11.2 Å². The Balaban J connectivity index is 1.58. The number of fused-ring (bicyclic) bond motifs is 1. The summed E-state index contributed by atoms with van der Waals surface area (Å²) in [7, 11) is 0. The monoisotopic (exact) mass is 466 g/mol. The molecule has 2 aromatic carbocycles. The normalized spacial score (nSPS) is 19.2. The average Bonchev–Trinajstić information content (AvgIpc) is 3.36. The summed E-state index contributed by atoms with van der Waals surface area (Å²) in [6.07, 6.45) is 1.50. The maximum atomic E-state index is 13.4. The second-order valence-electron chi connectivity index (χ2n) is 10.1. The smallest absolute Gasteiger partial charge is 0.273 e. The topological polar surface area (TPSA) is 96.2 Å². The SMILES string of the molecule is CC(C)(C)[C@H](NC(=O)c1nn(Cc2ccc(F)cc2)c2ccccc12)C(=O)N[C@H]1CC[C@@H](O)C1. The number of hydrogen-bond donors (Lipinski definition) is 3. The zero-order chi connectivity index (χ0) is 24.5. The molecular weight excluding hydrogens is 435 g/mol. The molecule has 0 radical (unpaired) electrons. The third-order valence-electron chi connectivity index (χ3n) is 6.27. The van der Waals surface area contributed by atoms with Crippen molar-refractivity contribution in [3.05, 3.63) is 65.6 Å². The lowest BCUT2D eigenvalue weighted by Crippen LogP contribution is -2.55. The molecule has 8 heteroatoms. The summed E-state index contributed by atoms with van der Waals surface area (Å²) >= 11 is 0. The van der Waals surface area contributed by atoms with Gasteiger partial charge < -0.3 is 15.7 Å². The van der Waals surface area contributed by atoms with E-state index < -0.39 is 23.5 Å². The standard InChI is InChI=1S/C26H31FN4O3/c1-26(2,3)23(25(34)28-18-12-13-19(32)14-18)29-24(33)22-20-6-4-5-7-21(20)31(30-22)15-16-8-10-17(27)11-9-16/h4-11,18-19,23,32H,12-15H2,1-3H3,(H,28,34)(H,29,33)/t18-,19+,23+/m0/s1. The number of halogens is 1. The van der Waals surface area contributed by atoms with Crippen molar-refractivity contribution >= 4 is 22.7 Å². The highest BCUT2D eigenvalue weighted by atomic mass is 19.1. The van der Waals surface area contributed by atoms with Crippen molar-refractivity contribution in [3.8, 4) is 0 Å². The van der Waals surface area contributed by atoms with Crippen molar-refractivity contribution in [2.24, 2.45) is 5.41 Å². The lowest BCUT2D eigenvalue weighted by Gasteiger charge is -2.31. The number of rotatable bonds is 6. The molecule has 7 nitrogen and oxygen atoms in total. The van der Waals surface area contributed by atoms with E-state index in [1.165, 1.54) is 12.1 Å². The zero-order valence-corrected chi connectivity index (χ0v) is 19.7. The number of aliphatic hydroxyl groups is 1. The van der Waals surface area contributed by atoms with Crippen LogP contribution in [0.5, 0.6) is 0 Å². The second kappa shape index (κ2) is 9.54. The van der Waals surface area contributed by atoms with Crippen LogP contribution in [0.25, 0.3) is 10.9 Å². The molecule has 0 spiro atoms. The molecule has 4 rings (SSSR count). The molecule has 180 valence electrons. The summed E-state index contributed by atoms with van der Waals surface area (Å²) in [5, 5.41) is 20.9. The molecule has 0 bridgehead atoms. The Labute approximate surface area is 198 Å². The highest BCUT2D eigenvalue weighted by Gasteiger charge is 2.36. The van der Waals surface area contributed by atoms with Crippen molar-refractivity contribution < 1.29 is 19.1 Å². The van der Waals surface area contributed by atoms with E-state index in [1.54, 1.807) is 16.8 Å². The van der Waals surface area contributed by atoms with E-state index in [-0.39, 0.29) is 23.5 Å². The minimum atomic E-state index is -0.779. The summed E-state index contributed by atoms with van der Waals surface area (Å²) in [4.78, 5) is 26.5. The van der Waals surface area contributed by atoms with Crippen molar-refractivity contribution in [1.82, 2.24) is 20.4 Å². The van der Waals surface area contributed by atoms with Gasteiger partial charge in [0, 0.05) is 11.4 Å². The van der Waals surface area contributed by atoms with Gasteiger partial charge in [-0.25, -0.2) is 4.39 Å². The van der Waals surface area contributed by atoms with Crippen molar-refractivity contribution in [2.45, 2.75) is 64.8 Å². The molecule has 2 amide bonds. The van der Waals surface area contributed by atoms with Gasteiger partial charge in [-0.05, 0) is 48.4 Å². The first kappa shape index (κ1) is 23.9. The van der Waals surface area contributed by atoms with E-state index in [0.717, 1.165) is 17.5 Å². The number of nitrogens with one attached hydrogen (secondary N) is 2. The molecule has 1 aromatic heterocycles. The first-order valence-corrected chi connectivity index (χ1v) is 11.6. The lowest BCUT2D eigenvalue weighted by molar-refractivity contribution is -0.126. The van der Waals surface area contributed by atoms with Crippen LogP contribution in [0.4, 0.5) is 4.39 Å². The van der Waals surface area contributed by atoms with E-state index >= 15 is 0 Å². The Hall–Kier alpha value is -3.26. The summed E-state index contributed by atoms with van der Waals surface area (Å²) in [6, 6.07) is 12.7. The van der Waals surface area contributed by atoms with Gasteiger partial charge in [0.15, 0.2) is 5.69 Å². The number of carbonyl (C=O) groups is 2. The quantitative estimate of drug-likeness (QED) is 0.519. The largest absolute Gasteiger partial charge is 0.393 e. The van der Waals surface area contributed by atoms with Crippen molar-refractivity contribution in [2.75, 3.05) is 0 Å². The molecule has 1 fully saturated rings. The summed E-state index contributed by atoms with van der Waals surface area (Å²) in [5.41, 5.74) is 1.32. The molecule has 1 aliphatic rings. The fourth-order valence-electron chi connectivity index (χ4n) is 4.43. The Morgan fingerprint density at radius 3 is 2.50 bits per heavy atom. The molecule has 3 atom stereocenters. The molecule has 3 aromatic rings. The third kappa shape index (κ3) is 5.28. The number of nitrogens with zero attached hydrogens (tertiary/aromatic N) is 2. The van der Waals surface area contributed by atoms with Gasteiger partial charge in [0.25, 0.3) is 5.91 Å². The van der Waals surface area contributed by atoms with Gasteiger partial charge in [-0.3, -0.25) is 14.3 Å². The van der Waals surface area contributed by atoms with Crippen LogP contribution in [0.15, 0.2) is 48.5 Å². The van der Waals surface area contributed by atoms with E-state index in [0.29, 0.717) is 24.8 Å². The number of aliphatic hydroxyl groups excluding tert-OH is 1. The van der Waals surface area contributed by atoms with E-state index in [9.17, 15) is 19.1 Å².